The average Bonchev–Trinajstić information content (AvgIpc) is 3.35. The van der Waals surface area contributed by atoms with Gasteiger partial charge in [-0.1, -0.05) is 47.2 Å². The predicted molar refractivity (Wildman–Crippen MR) is 121 cm³/mol. The zero-order valence-corrected chi connectivity index (χ0v) is 18.4. The number of thiazole rings is 1. The summed E-state index contributed by atoms with van der Waals surface area (Å²) >= 11 is 1.45. The van der Waals surface area contributed by atoms with Gasteiger partial charge in [-0.05, 0) is 37.1 Å². The number of nitrogens with zero attached hydrogens (tertiary/aromatic N) is 4. The van der Waals surface area contributed by atoms with Crippen molar-refractivity contribution in [2.24, 2.45) is 0 Å². The van der Waals surface area contributed by atoms with E-state index >= 15 is 0 Å². The first-order valence-electron chi connectivity index (χ1n) is 9.85. The van der Waals surface area contributed by atoms with E-state index < -0.39 is 0 Å². The Morgan fingerprint density at radius 1 is 1.13 bits per heavy atom. The summed E-state index contributed by atoms with van der Waals surface area (Å²) in [6.07, 6.45) is 2.57. The van der Waals surface area contributed by atoms with Crippen LogP contribution in [0.5, 0.6) is 0 Å². The number of hydrogen-bond acceptors (Lipinski definition) is 6. The molecular weight excluding hydrogens is 410 g/mol. The number of nitrogens with one attached hydrogen (secondary N) is 1. The molecule has 0 bridgehead atoms. The topological polar surface area (TPSA) is 81.9 Å². The van der Waals surface area contributed by atoms with Gasteiger partial charge >= 0.3 is 0 Å². The van der Waals surface area contributed by atoms with Crippen molar-refractivity contribution in [2.75, 3.05) is 12.4 Å². The summed E-state index contributed by atoms with van der Waals surface area (Å²) in [5.74, 6) is -0.359. The molecule has 0 radical (unpaired) electrons. The fraction of sp³-hybridized carbons (Fsp3) is 0.217. The fourth-order valence-electron chi connectivity index (χ4n) is 3.34. The van der Waals surface area contributed by atoms with Crippen LogP contribution in [-0.2, 0) is 17.8 Å². The molecule has 0 aliphatic rings. The first-order valence-corrected chi connectivity index (χ1v) is 10.7. The second kappa shape index (κ2) is 9.20. The molecule has 1 amide bonds. The van der Waals surface area contributed by atoms with Crippen molar-refractivity contribution >= 4 is 22.4 Å². The Labute approximate surface area is 184 Å². The van der Waals surface area contributed by atoms with Gasteiger partial charge in [-0.2, -0.15) is 0 Å². The highest BCUT2D eigenvalue weighted by Crippen LogP contribution is 2.23. The number of rotatable bonds is 7. The van der Waals surface area contributed by atoms with Crippen molar-refractivity contribution in [3.05, 3.63) is 87.7 Å². The maximum atomic E-state index is 12.9. The summed E-state index contributed by atoms with van der Waals surface area (Å²) in [5.41, 5.74) is 5.16. The monoisotopic (exact) mass is 433 g/mol. The summed E-state index contributed by atoms with van der Waals surface area (Å²) in [6.45, 7) is 4.28. The molecule has 0 aliphatic carbocycles. The van der Waals surface area contributed by atoms with E-state index in [9.17, 15) is 4.79 Å². The Morgan fingerprint density at radius 2 is 1.90 bits per heavy atom. The normalized spacial score (nSPS) is 10.9. The van der Waals surface area contributed by atoms with E-state index in [2.05, 4.69) is 45.7 Å². The molecule has 4 aromatic rings. The number of amides is 1. The van der Waals surface area contributed by atoms with Crippen LogP contribution in [0.1, 0.15) is 37.7 Å². The van der Waals surface area contributed by atoms with Crippen LogP contribution >= 0.6 is 11.3 Å². The molecule has 0 spiro atoms. The van der Waals surface area contributed by atoms with Gasteiger partial charge in [0.15, 0.2) is 10.8 Å². The van der Waals surface area contributed by atoms with Crippen LogP contribution in [0.3, 0.4) is 0 Å². The Morgan fingerprint density at radius 3 is 2.65 bits per heavy atom. The number of carbonyl (C=O) groups excluding carboxylic acids is 1. The van der Waals surface area contributed by atoms with Crippen LogP contribution in [0, 0.1) is 13.8 Å². The van der Waals surface area contributed by atoms with E-state index in [1.807, 2.05) is 37.3 Å². The highest BCUT2D eigenvalue weighted by molar-refractivity contribution is 7.15. The van der Waals surface area contributed by atoms with Crippen LogP contribution < -0.4 is 5.32 Å². The number of benzene rings is 2. The molecular formula is C23H23N5O2S. The van der Waals surface area contributed by atoms with Crippen LogP contribution in [0.2, 0.25) is 0 Å². The molecule has 0 saturated carbocycles. The predicted octanol–water partition coefficient (Wildman–Crippen LogP) is 4.33. The zero-order valence-electron chi connectivity index (χ0n) is 17.6. The molecule has 7 nitrogen and oxygen atoms in total. The number of methoxy groups -OCH3 is 1. The lowest BCUT2D eigenvalue weighted by Gasteiger charge is -2.07. The van der Waals surface area contributed by atoms with Crippen molar-refractivity contribution in [1.29, 1.82) is 0 Å². The minimum Gasteiger partial charge on any atom is -0.378 e. The molecule has 0 atom stereocenters. The van der Waals surface area contributed by atoms with Crippen LogP contribution in [0.4, 0.5) is 5.13 Å². The molecule has 1 N–H and O–H groups in total. The zero-order chi connectivity index (χ0) is 21.8. The molecule has 0 aliphatic heterocycles. The number of carbonyl (C=O) groups is 1. The molecule has 2 aromatic carbocycles. The van der Waals surface area contributed by atoms with E-state index in [1.165, 1.54) is 22.5 Å². The highest BCUT2D eigenvalue weighted by Gasteiger charge is 2.21. The summed E-state index contributed by atoms with van der Waals surface area (Å²) < 4.78 is 6.94. The minimum atomic E-state index is -0.359. The quantitative estimate of drug-likeness (QED) is 0.469. The first kappa shape index (κ1) is 20.9. The second-order valence-corrected chi connectivity index (χ2v) is 8.44. The third-order valence-electron chi connectivity index (χ3n) is 4.74. The molecule has 0 unspecified atom stereocenters. The minimum absolute atomic E-state index is 0.209. The third kappa shape index (κ3) is 4.87. The maximum Gasteiger partial charge on any atom is 0.280 e. The molecule has 2 aromatic heterocycles. The molecule has 158 valence electrons. The largest absolute Gasteiger partial charge is 0.378 e. The van der Waals surface area contributed by atoms with Crippen molar-refractivity contribution in [2.45, 2.75) is 26.9 Å². The molecule has 0 fully saturated rings. The molecule has 31 heavy (non-hydrogen) atoms. The number of aryl methyl sites for hydroxylation is 2. The van der Waals surface area contributed by atoms with Gasteiger partial charge in [0.25, 0.3) is 5.91 Å². The van der Waals surface area contributed by atoms with Crippen molar-refractivity contribution in [3.8, 4) is 5.69 Å². The third-order valence-corrected chi connectivity index (χ3v) is 5.65. The van der Waals surface area contributed by atoms with Crippen molar-refractivity contribution < 1.29 is 9.53 Å². The second-order valence-electron chi connectivity index (χ2n) is 7.32. The molecule has 0 saturated heterocycles. The van der Waals surface area contributed by atoms with Gasteiger partial charge in [-0.15, -0.1) is 16.4 Å². The Kier molecular flexibility index (Phi) is 6.20. The van der Waals surface area contributed by atoms with Gasteiger partial charge in [0.2, 0.25) is 0 Å². The van der Waals surface area contributed by atoms with E-state index in [-0.39, 0.29) is 18.2 Å². The lowest BCUT2D eigenvalue weighted by molar-refractivity contribution is 0.101. The van der Waals surface area contributed by atoms with Gasteiger partial charge < -0.3 is 4.74 Å². The Bertz CT molecular complexity index is 1210. The summed E-state index contributed by atoms with van der Waals surface area (Å²) in [7, 11) is 1.58. The number of hydrogen-bond donors (Lipinski definition) is 1. The van der Waals surface area contributed by atoms with Crippen molar-refractivity contribution in [1.82, 2.24) is 20.0 Å². The Balaban J connectivity index is 1.53. The van der Waals surface area contributed by atoms with Gasteiger partial charge in [-0.3, -0.25) is 10.1 Å². The van der Waals surface area contributed by atoms with Crippen LogP contribution in [0.15, 0.2) is 54.7 Å². The smallest absolute Gasteiger partial charge is 0.280 e. The number of ether oxygens (including phenoxy) is 1. The standard InChI is InChI=1S/C23H23N5O2S/c1-15-6-4-8-17(10-15)12-19-13-24-23(31-19)25-22(29)21-20(14-30-3)28(27-26-21)18-9-5-7-16(2)11-18/h4-11,13H,12,14H2,1-3H3,(H,24,25,29). The lowest BCUT2D eigenvalue weighted by atomic mass is 10.1. The molecule has 8 heteroatoms. The molecule has 4 rings (SSSR count). The average molecular weight is 434 g/mol. The summed E-state index contributed by atoms with van der Waals surface area (Å²) in [6, 6.07) is 16.2. The summed E-state index contributed by atoms with van der Waals surface area (Å²) in [4.78, 5) is 18.3. The Hall–Kier alpha value is -3.36. The lowest BCUT2D eigenvalue weighted by Crippen LogP contribution is -2.15. The van der Waals surface area contributed by atoms with E-state index in [4.69, 9.17) is 4.74 Å². The number of aromatic nitrogens is 4. The van der Waals surface area contributed by atoms with Crippen LogP contribution in [0.25, 0.3) is 5.69 Å². The van der Waals surface area contributed by atoms with Crippen LogP contribution in [-0.4, -0.2) is 33.0 Å². The summed E-state index contributed by atoms with van der Waals surface area (Å²) in [5, 5.41) is 11.7. The van der Waals surface area contributed by atoms with E-state index in [0.717, 1.165) is 22.5 Å². The fourth-order valence-corrected chi connectivity index (χ4v) is 4.18. The maximum absolute atomic E-state index is 12.9. The molecule has 2 heterocycles. The SMILES string of the molecule is COCc1c(C(=O)Nc2ncc(Cc3cccc(C)c3)s2)nnn1-c1cccc(C)c1. The number of anilines is 1. The van der Waals surface area contributed by atoms with Crippen molar-refractivity contribution in [3.63, 3.8) is 0 Å². The first-order chi connectivity index (χ1) is 15.0. The van der Waals surface area contributed by atoms with Gasteiger partial charge in [0.1, 0.15) is 5.69 Å². The highest BCUT2D eigenvalue weighted by atomic mass is 32.1. The van der Waals surface area contributed by atoms with Gasteiger partial charge in [0.05, 0.1) is 12.3 Å². The van der Waals surface area contributed by atoms with E-state index in [0.29, 0.717) is 10.8 Å². The van der Waals surface area contributed by atoms with Gasteiger partial charge in [-0.25, -0.2) is 9.67 Å². The van der Waals surface area contributed by atoms with E-state index in [1.54, 1.807) is 18.0 Å². The van der Waals surface area contributed by atoms with Gasteiger partial charge in [0, 0.05) is 24.6 Å².